The van der Waals surface area contributed by atoms with Crippen LogP contribution in [0.3, 0.4) is 0 Å². The Morgan fingerprint density at radius 1 is 1.45 bits per heavy atom. The van der Waals surface area contributed by atoms with Crippen molar-refractivity contribution < 1.29 is 9.66 Å². The third-order valence-corrected chi connectivity index (χ3v) is 3.26. The van der Waals surface area contributed by atoms with E-state index in [4.69, 9.17) is 4.74 Å². The summed E-state index contributed by atoms with van der Waals surface area (Å²) in [5, 5.41) is 14.0. The molecule has 6 heteroatoms. The van der Waals surface area contributed by atoms with E-state index >= 15 is 0 Å². The number of anilines is 1. The van der Waals surface area contributed by atoms with Gasteiger partial charge in [-0.15, -0.1) is 0 Å². The molecule has 0 amide bonds. The van der Waals surface area contributed by atoms with Gasteiger partial charge in [0.1, 0.15) is 0 Å². The molecule has 0 aliphatic rings. The largest absolute Gasteiger partial charge is 0.388 e. The van der Waals surface area contributed by atoms with Crippen molar-refractivity contribution in [1.82, 2.24) is 4.90 Å². The normalized spacial score (nSPS) is 11.1. The molecule has 0 saturated carbocycles. The molecule has 0 radical (unpaired) electrons. The highest BCUT2D eigenvalue weighted by atomic mass is 16.6. The maximum Gasteiger partial charge on any atom is 0.269 e. The van der Waals surface area contributed by atoms with Crippen molar-refractivity contribution in [3.63, 3.8) is 0 Å². The molecule has 1 aromatic rings. The zero-order valence-electron chi connectivity index (χ0n) is 12.5. The lowest BCUT2D eigenvalue weighted by molar-refractivity contribution is -0.384. The van der Waals surface area contributed by atoms with E-state index in [-0.39, 0.29) is 10.6 Å². The zero-order chi connectivity index (χ0) is 15.1. The molecular formula is C14H23N3O3. The van der Waals surface area contributed by atoms with Crippen molar-refractivity contribution in [2.24, 2.45) is 0 Å². The van der Waals surface area contributed by atoms with Gasteiger partial charge in [-0.25, -0.2) is 0 Å². The first-order chi connectivity index (χ1) is 9.49. The molecule has 112 valence electrons. The van der Waals surface area contributed by atoms with Gasteiger partial charge in [0.05, 0.1) is 11.5 Å². The molecule has 1 aromatic carbocycles. The molecule has 0 aromatic heterocycles. The fourth-order valence-electron chi connectivity index (χ4n) is 2.02. The van der Waals surface area contributed by atoms with Gasteiger partial charge in [0.2, 0.25) is 0 Å². The minimum Gasteiger partial charge on any atom is -0.388 e. The van der Waals surface area contributed by atoms with Gasteiger partial charge in [0.25, 0.3) is 5.69 Å². The summed E-state index contributed by atoms with van der Waals surface area (Å²) >= 11 is 0. The number of ether oxygens (including phenoxy) is 1. The average Bonchev–Trinajstić information content (AvgIpc) is 2.42. The number of rotatable bonds is 8. The van der Waals surface area contributed by atoms with E-state index in [1.807, 2.05) is 7.05 Å². The molecule has 0 fully saturated rings. The van der Waals surface area contributed by atoms with E-state index in [1.54, 1.807) is 19.2 Å². The summed E-state index contributed by atoms with van der Waals surface area (Å²) in [5.74, 6) is 0. The second-order valence-electron chi connectivity index (χ2n) is 4.91. The molecule has 0 spiro atoms. The Morgan fingerprint density at radius 3 is 2.65 bits per heavy atom. The Bertz CT molecular complexity index is 449. The third kappa shape index (κ3) is 4.47. The van der Waals surface area contributed by atoms with Crippen LogP contribution in [0.2, 0.25) is 0 Å². The summed E-state index contributed by atoms with van der Waals surface area (Å²) in [6.07, 6.45) is 0. The van der Waals surface area contributed by atoms with Crippen LogP contribution in [-0.2, 0) is 11.3 Å². The van der Waals surface area contributed by atoms with E-state index in [1.165, 1.54) is 6.07 Å². The van der Waals surface area contributed by atoms with Gasteiger partial charge in [-0.05, 0) is 25.5 Å². The molecule has 1 rings (SSSR count). The molecule has 1 N–H and O–H groups in total. The van der Waals surface area contributed by atoms with Crippen molar-refractivity contribution in [3.05, 3.63) is 33.9 Å². The molecule has 0 unspecified atom stereocenters. The maximum atomic E-state index is 10.9. The molecule has 0 aliphatic carbocycles. The molecule has 0 atom stereocenters. The monoisotopic (exact) mass is 281 g/mol. The summed E-state index contributed by atoms with van der Waals surface area (Å²) in [6, 6.07) is 5.25. The molecular weight excluding hydrogens is 258 g/mol. The summed E-state index contributed by atoms with van der Waals surface area (Å²) in [5.41, 5.74) is 1.96. The van der Waals surface area contributed by atoms with Crippen LogP contribution in [0.5, 0.6) is 0 Å². The van der Waals surface area contributed by atoms with Crippen LogP contribution >= 0.6 is 0 Å². The quantitative estimate of drug-likeness (QED) is 0.585. The van der Waals surface area contributed by atoms with Gasteiger partial charge in [-0.1, -0.05) is 0 Å². The Hall–Kier alpha value is -1.66. The summed E-state index contributed by atoms with van der Waals surface area (Å²) in [4.78, 5) is 12.8. The van der Waals surface area contributed by atoms with E-state index in [2.05, 4.69) is 24.1 Å². The predicted molar refractivity (Wildman–Crippen MR) is 80.1 cm³/mol. The lowest BCUT2D eigenvalue weighted by Crippen LogP contribution is -2.33. The number of nitrogens with zero attached hydrogens (tertiary/aromatic N) is 2. The van der Waals surface area contributed by atoms with E-state index in [9.17, 15) is 10.1 Å². The predicted octanol–water partition coefficient (Wildman–Crippen LogP) is 2.49. The SMILES string of the molecule is CNc1ccc([N+](=O)[O-])cc1CN(CCOC)C(C)C. The smallest absolute Gasteiger partial charge is 0.269 e. The topological polar surface area (TPSA) is 67.6 Å². The van der Waals surface area contributed by atoms with Crippen molar-refractivity contribution in [1.29, 1.82) is 0 Å². The third-order valence-electron chi connectivity index (χ3n) is 3.26. The van der Waals surface area contributed by atoms with Crippen molar-refractivity contribution >= 4 is 11.4 Å². The average molecular weight is 281 g/mol. The first-order valence-corrected chi connectivity index (χ1v) is 6.67. The van der Waals surface area contributed by atoms with Gasteiger partial charge in [-0.3, -0.25) is 15.0 Å². The fourth-order valence-corrected chi connectivity index (χ4v) is 2.02. The first-order valence-electron chi connectivity index (χ1n) is 6.67. The minimum absolute atomic E-state index is 0.120. The van der Waals surface area contributed by atoms with Crippen LogP contribution in [0.1, 0.15) is 19.4 Å². The summed E-state index contributed by atoms with van der Waals surface area (Å²) in [6.45, 7) is 6.29. The Labute approximate surface area is 119 Å². The lowest BCUT2D eigenvalue weighted by Gasteiger charge is -2.27. The Kier molecular flexibility index (Phi) is 6.41. The van der Waals surface area contributed by atoms with Crippen LogP contribution in [0.4, 0.5) is 11.4 Å². The van der Waals surface area contributed by atoms with Crippen LogP contribution < -0.4 is 5.32 Å². The highest BCUT2D eigenvalue weighted by Gasteiger charge is 2.15. The minimum atomic E-state index is -0.363. The highest BCUT2D eigenvalue weighted by Crippen LogP contribution is 2.23. The van der Waals surface area contributed by atoms with E-state index in [0.29, 0.717) is 19.2 Å². The summed E-state index contributed by atoms with van der Waals surface area (Å²) < 4.78 is 5.11. The molecule has 0 bridgehead atoms. The zero-order valence-corrected chi connectivity index (χ0v) is 12.5. The molecule has 0 aliphatic heterocycles. The van der Waals surface area contributed by atoms with Gasteiger partial charge in [0.15, 0.2) is 0 Å². The molecule has 0 saturated heterocycles. The second kappa shape index (κ2) is 7.81. The number of non-ortho nitro benzene ring substituents is 1. The summed E-state index contributed by atoms with van der Waals surface area (Å²) in [7, 11) is 3.49. The number of nitro groups is 1. The van der Waals surface area contributed by atoms with E-state index < -0.39 is 0 Å². The molecule has 0 heterocycles. The number of hydrogen-bond acceptors (Lipinski definition) is 5. The number of nitro benzene ring substituents is 1. The van der Waals surface area contributed by atoms with Crippen molar-refractivity contribution in [3.8, 4) is 0 Å². The van der Waals surface area contributed by atoms with Crippen LogP contribution in [0.25, 0.3) is 0 Å². The highest BCUT2D eigenvalue weighted by molar-refractivity contribution is 5.55. The van der Waals surface area contributed by atoms with Gasteiger partial charge in [-0.2, -0.15) is 0 Å². The molecule has 20 heavy (non-hydrogen) atoms. The van der Waals surface area contributed by atoms with Crippen LogP contribution in [0.15, 0.2) is 18.2 Å². The van der Waals surface area contributed by atoms with Crippen LogP contribution in [-0.4, -0.2) is 43.2 Å². The second-order valence-corrected chi connectivity index (χ2v) is 4.91. The number of nitrogens with one attached hydrogen (secondary N) is 1. The number of benzene rings is 1. The number of methoxy groups -OCH3 is 1. The standard InChI is InChI=1S/C14H23N3O3/c1-11(2)16(7-8-20-4)10-12-9-13(17(18)19)5-6-14(12)15-3/h5-6,9,11,15H,7-8,10H2,1-4H3. The Balaban J connectivity index is 2.96. The maximum absolute atomic E-state index is 10.9. The number of hydrogen-bond donors (Lipinski definition) is 1. The van der Waals surface area contributed by atoms with Crippen molar-refractivity contribution in [2.45, 2.75) is 26.4 Å². The Morgan fingerprint density at radius 2 is 2.15 bits per heavy atom. The van der Waals surface area contributed by atoms with Gasteiger partial charge in [0, 0.05) is 51.1 Å². The molecule has 6 nitrogen and oxygen atoms in total. The van der Waals surface area contributed by atoms with Gasteiger partial charge < -0.3 is 10.1 Å². The first kappa shape index (κ1) is 16.4. The van der Waals surface area contributed by atoms with Gasteiger partial charge >= 0.3 is 0 Å². The lowest BCUT2D eigenvalue weighted by atomic mass is 10.1. The van der Waals surface area contributed by atoms with Crippen LogP contribution in [0, 0.1) is 10.1 Å². The fraction of sp³-hybridized carbons (Fsp3) is 0.571. The van der Waals surface area contributed by atoms with Crippen molar-refractivity contribution in [2.75, 3.05) is 32.6 Å². The van der Waals surface area contributed by atoms with E-state index in [0.717, 1.165) is 17.8 Å².